The van der Waals surface area contributed by atoms with Crippen LogP contribution >= 0.6 is 22.9 Å². The highest BCUT2D eigenvalue weighted by atomic mass is 35.5. The number of hydrogen-bond acceptors (Lipinski definition) is 4. The van der Waals surface area contributed by atoms with E-state index >= 15 is 0 Å². The molecule has 0 aliphatic carbocycles. The first kappa shape index (κ1) is 17.5. The van der Waals surface area contributed by atoms with Crippen molar-refractivity contribution in [2.75, 3.05) is 11.9 Å². The molecule has 5 nitrogen and oxygen atoms in total. The molecule has 0 saturated carbocycles. The predicted octanol–water partition coefficient (Wildman–Crippen LogP) is 3.01. The third-order valence-corrected chi connectivity index (χ3v) is 4.24. The molecule has 0 aliphatic heterocycles. The molecule has 0 saturated heterocycles. The molecule has 10 heteroatoms. The SMILES string of the molecule is CC(=O)N(C)c1nc(Cn2cc(C(F)(F)F)cc(Cl)c2=O)cs1. The molecule has 0 atom stereocenters. The number of alkyl halides is 3. The number of halogens is 4. The Hall–Kier alpha value is -1.87. The summed E-state index contributed by atoms with van der Waals surface area (Å²) in [5.74, 6) is -0.231. The van der Waals surface area contributed by atoms with Gasteiger partial charge in [-0.3, -0.25) is 14.5 Å². The van der Waals surface area contributed by atoms with Crippen LogP contribution in [-0.2, 0) is 17.5 Å². The summed E-state index contributed by atoms with van der Waals surface area (Å²) in [4.78, 5) is 28.6. The fraction of sp³-hybridized carbons (Fsp3) is 0.308. The molecule has 0 fully saturated rings. The maximum atomic E-state index is 12.8. The second-order valence-electron chi connectivity index (χ2n) is 4.71. The van der Waals surface area contributed by atoms with E-state index in [-0.39, 0.29) is 12.5 Å². The highest BCUT2D eigenvalue weighted by molar-refractivity contribution is 7.14. The Labute approximate surface area is 137 Å². The number of thiazole rings is 1. The molecular weight excluding hydrogens is 355 g/mol. The molecule has 2 heterocycles. The van der Waals surface area contributed by atoms with Gasteiger partial charge in [-0.05, 0) is 6.07 Å². The Morgan fingerprint density at radius 3 is 2.70 bits per heavy atom. The van der Waals surface area contributed by atoms with Crippen LogP contribution in [0.4, 0.5) is 18.3 Å². The van der Waals surface area contributed by atoms with Gasteiger partial charge in [0, 0.05) is 25.5 Å². The fourth-order valence-corrected chi connectivity index (χ4v) is 2.76. The number of carbonyl (C=O) groups excluding carboxylic acids is 1. The predicted molar refractivity (Wildman–Crippen MR) is 81.0 cm³/mol. The summed E-state index contributed by atoms with van der Waals surface area (Å²) >= 11 is 6.73. The van der Waals surface area contributed by atoms with E-state index in [1.165, 1.54) is 18.9 Å². The van der Waals surface area contributed by atoms with Gasteiger partial charge < -0.3 is 4.57 Å². The molecule has 124 valence electrons. The summed E-state index contributed by atoms with van der Waals surface area (Å²) in [6.45, 7) is 1.18. The van der Waals surface area contributed by atoms with Crippen LogP contribution in [0.25, 0.3) is 0 Å². The van der Waals surface area contributed by atoms with Crippen molar-refractivity contribution >= 4 is 34.0 Å². The molecule has 2 aromatic rings. The monoisotopic (exact) mass is 365 g/mol. The van der Waals surface area contributed by atoms with E-state index in [1.807, 2.05) is 0 Å². The van der Waals surface area contributed by atoms with Gasteiger partial charge in [0.25, 0.3) is 5.56 Å². The maximum absolute atomic E-state index is 12.8. The number of aromatic nitrogens is 2. The molecule has 0 aromatic carbocycles. The van der Waals surface area contributed by atoms with Crippen molar-refractivity contribution in [2.45, 2.75) is 19.6 Å². The van der Waals surface area contributed by atoms with E-state index in [9.17, 15) is 22.8 Å². The maximum Gasteiger partial charge on any atom is 0.417 e. The van der Waals surface area contributed by atoms with Crippen LogP contribution in [0.5, 0.6) is 0 Å². The van der Waals surface area contributed by atoms with Crippen molar-refractivity contribution in [3.63, 3.8) is 0 Å². The minimum absolute atomic E-state index is 0.176. The van der Waals surface area contributed by atoms with Crippen molar-refractivity contribution in [3.8, 4) is 0 Å². The average molecular weight is 366 g/mol. The molecular formula is C13H11ClF3N3O2S. The normalized spacial score (nSPS) is 11.6. The molecule has 0 radical (unpaired) electrons. The van der Waals surface area contributed by atoms with Crippen LogP contribution < -0.4 is 10.5 Å². The third-order valence-electron chi connectivity index (χ3n) is 3.00. The Balaban J connectivity index is 2.35. The van der Waals surface area contributed by atoms with E-state index in [2.05, 4.69) is 4.98 Å². The zero-order valence-electron chi connectivity index (χ0n) is 12.0. The molecule has 0 aliphatic rings. The second-order valence-corrected chi connectivity index (χ2v) is 5.95. The first-order valence-electron chi connectivity index (χ1n) is 6.25. The fourth-order valence-electron chi connectivity index (χ4n) is 1.70. The molecule has 23 heavy (non-hydrogen) atoms. The highest BCUT2D eigenvalue weighted by Crippen LogP contribution is 2.30. The lowest BCUT2D eigenvalue weighted by Crippen LogP contribution is -2.24. The average Bonchev–Trinajstić information content (AvgIpc) is 2.90. The number of amides is 1. The molecule has 2 rings (SSSR count). The van der Waals surface area contributed by atoms with Crippen molar-refractivity contribution in [3.05, 3.63) is 44.3 Å². The Morgan fingerprint density at radius 1 is 1.48 bits per heavy atom. The lowest BCUT2D eigenvalue weighted by Gasteiger charge is -2.11. The standard InChI is InChI=1S/C13H11ClF3N3O2S/c1-7(21)19(2)12-18-9(6-23-12)5-20-4-8(13(15,16)17)3-10(14)11(20)22/h3-4,6H,5H2,1-2H3. The third kappa shape index (κ3) is 3.91. The van der Waals surface area contributed by atoms with Gasteiger partial charge in [0.05, 0.1) is 17.8 Å². The van der Waals surface area contributed by atoms with Gasteiger partial charge in [-0.2, -0.15) is 13.2 Å². The number of carbonyl (C=O) groups is 1. The first-order valence-corrected chi connectivity index (χ1v) is 7.51. The molecule has 1 amide bonds. The summed E-state index contributed by atoms with van der Waals surface area (Å²) in [6.07, 6.45) is -3.91. The zero-order chi connectivity index (χ0) is 17.4. The van der Waals surface area contributed by atoms with Crippen LogP contribution in [0.1, 0.15) is 18.2 Å². The minimum atomic E-state index is -4.61. The number of rotatable bonds is 3. The van der Waals surface area contributed by atoms with Gasteiger partial charge >= 0.3 is 6.18 Å². The smallest absolute Gasteiger partial charge is 0.308 e. The van der Waals surface area contributed by atoms with Crippen LogP contribution in [0.15, 0.2) is 22.4 Å². The zero-order valence-corrected chi connectivity index (χ0v) is 13.6. The highest BCUT2D eigenvalue weighted by Gasteiger charge is 2.32. The van der Waals surface area contributed by atoms with Crippen LogP contribution in [0, 0.1) is 0 Å². The number of nitrogens with zero attached hydrogens (tertiary/aromatic N) is 3. The van der Waals surface area contributed by atoms with Gasteiger partial charge in [-0.15, -0.1) is 11.3 Å². The van der Waals surface area contributed by atoms with Gasteiger partial charge in [-0.25, -0.2) is 4.98 Å². The second kappa shape index (κ2) is 6.32. The van der Waals surface area contributed by atoms with Gasteiger partial charge in [-0.1, -0.05) is 11.6 Å². The minimum Gasteiger partial charge on any atom is -0.308 e. The van der Waals surface area contributed by atoms with Crippen LogP contribution in [0.3, 0.4) is 0 Å². The van der Waals surface area contributed by atoms with E-state index in [0.717, 1.165) is 15.9 Å². The lowest BCUT2D eigenvalue weighted by molar-refractivity contribution is -0.138. The van der Waals surface area contributed by atoms with Gasteiger partial charge in [0.1, 0.15) is 5.02 Å². The first-order chi connectivity index (χ1) is 10.6. The molecule has 0 spiro atoms. The van der Waals surface area contributed by atoms with Crippen LogP contribution in [0.2, 0.25) is 5.02 Å². The molecule has 0 bridgehead atoms. The number of anilines is 1. The summed E-state index contributed by atoms with van der Waals surface area (Å²) in [5, 5.41) is 1.44. The van der Waals surface area contributed by atoms with Crippen molar-refractivity contribution in [1.29, 1.82) is 0 Å². The Bertz CT molecular complexity index is 800. The van der Waals surface area contributed by atoms with Crippen LogP contribution in [-0.4, -0.2) is 22.5 Å². The summed E-state index contributed by atoms with van der Waals surface area (Å²) in [7, 11) is 1.53. The van der Waals surface area contributed by atoms with Gasteiger partial charge in [0.15, 0.2) is 5.13 Å². The molecule has 2 aromatic heterocycles. The Morgan fingerprint density at radius 2 is 2.13 bits per heavy atom. The largest absolute Gasteiger partial charge is 0.417 e. The van der Waals surface area contributed by atoms with E-state index in [0.29, 0.717) is 23.1 Å². The van der Waals surface area contributed by atoms with E-state index in [1.54, 1.807) is 5.38 Å². The number of hydrogen-bond donors (Lipinski definition) is 0. The van der Waals surface area contributed by atoms with Crippen molar-refractivity contribution < 1.29 is 18.0 Å². The summed E-state index contributed by atoms with van der Waals surface area (Å²) < 4.78 is 39.2. The van der Waals surface area contributed by atoms with Crippen molar-refractivity contribution in [1.82, 2.24) is 9.55 Å². The quantitative estimate of drug-likeness (QED) is 0.840. The summed E-state index contributed by atoms with van der Waals surface area (Å²) in [6, 6.07) is 0.594. The van der Waals surface area contributed by atoms with E-state index in [4.69, 9.17) is 11.6 Å². The molecule has 0 N–H and O–H groups in total. The lowest BCUT2D eigenvalue weighted by atomic mass is 10.2. The Kier molecular flexibility index (Phi) is 4.81. The topological polar surface area (TPSA) is 55.2 Å². The van der Waals surface area contributed by atoms with E-state index < -0.39 is 22.3 Å². The summed E-state index contributed by atoms with van der Waals surface area (Å²) in [5.41, 5.74) is -1.40. The van der Waals surface area contributed by atoms with Crippen molar-refractivity contribution in [2.24, 2.45) is 0 Å². The number of pyridine rings is 1. The van der Waals surface area contributed by atoms with Gasteiger partial charge in [0.2, 0.25) is 5.91 Å². The molecule has 0 unspecified atom stereocenters.